The Hall–Kier alpha value is -4.27. The molecule has 3 rings (SSSR count). The topological polar surface area (TPSA) is 146 Å². The third-order valence-electron chi connectivity index (χ3n) is 4.28. The summed E-state index contributed by atoms with van der Waals surface area (Å²) in [6, 6.07) is 13.4. The van der Waals surface area contributed by atoms with E-state index in [1.54, 1.807) is 0 Å². The van der Waals surface area contributed by atoms with Crippen molar-refractivity contribution in [2.75, 3.05) is 11.1 Å². The van der Waals surface area contributed by atoms with Crippen LogP contribution in [0.25, 0.3) is 0 Å². The maximum atomic E-state index is 12.2. The van der Waals surface area contributed by atoms with Crippen LogP contribution in [-0.2, 0) is 0 Å². The number of nitrogen functional groups attached to an aromatic ring is 1. The first-order valence-electron chi connectivity index (χ1n) is 9.12. The average molecular weight is 403 g/mol. The lowest BCUT2D eigenvalue weighted by Crippen LogP contribution is -2.32. The number of aromatic nitrogens is 2. The van der Waals surface area contributed by atoms with Crippen molar-refractivity contribution < 1.29 is 9.59 Å². The van der Waals surface area contributed by atoms with Crippen LogP contribution >= 0.6 is 0 Å². The molecule has 0 unspecified atom stereocenters. The highest BCUT2D eigenvalue weighted by Gasteiger charge is 2.14. The lowest BCUT2D eigenvalue weighted by atomic mass is 10.1. The fourth-order valence-electron chi connectivity index (χ4n) is 2.68. The van der Waals surface area contributed by atoms with Gasteiger partial charge in [0.05, 0.1) is 11.6 Å². The first-order valence-corrected chi connectivity index (χ1v) is 9.12. The second-order valence-electron chi connectivity index (χ2n) is 6.45. The number of urea groups is 1. The Morgan fingerprint density at radius 2 is 1.80 bits per heavy atom. The minimum Gasteiger partial charge on any atom is -0.398 e. The molecule has 1 atom stereocenters. The highest BCUT2D eigenvalue weighted by atomic mass is 16.2. The molecule has 0 spiro atoms. The largest absolute Gasteiger partial charge is 0.398 e. The van der Waals surface area contributed by atoms with Gasteiger partial charge in [-0.15, -0.1) is 0 Å². The lowest BCUT2D eigenvalue weighted by Gasteiger charge is -2.15. The molecule has 0 saturated carbocycles. The summed E-state index contributed by atoms with van der Waals surface area (Å²) in [5, 5.41) is 16.0. The zero-order valence-corrected chi connectivity index (χ0v) is 16.2. The molecule has 0 bridgehead atoms. The molecule has 2 aromatic heterocycles. The van der Waals surface area contributed by atoms with Gasteiger partial charge in [0.15, 0.2) is 0 Å². The molecule has 0 saturated heterocycles. The number of amides is 3. The van der Waals surface area contributed by atoms with Crippen LogP contribution in [0, 0.1) is 5.41 Å². The minimum absolute atomic E-state index is 0.191. The van der Waals surface area contributed by atoms with Crippen molar-refractivity contribution in [2.24, 2.45) is 0 Å². The predicted octanol–water partition coefficient (Wildman–Crippen LogP) is 2.70. The molecule has 9 heteroatoms. The van der Waals surface area contributed by atoms with E-state index < -0.39 is 11.9 Å². The van der Waals surface area contributed by atoms with E-state index in [2.05, 4.69) is 25.9 Å². The van der Waals surface area contributed by atoms with Crippen molar-refractivity contribution in [3.8, 4) is 0 Å². The van der Waals surface area contributed by atoms with Crippen LogP contribution in [0.15, 0.2) is 67.1 Å². The number of pyridine rings is 2. The molecule has 0 aliphatic carbocycles. The van der Waals surface area contributed by atoms with E-state index in [0.29, 0.717) is 5.56 Å². The number of benzene rings is 1. The molecule has 30 heavy (non-hydrogen) atoms. The van der Waals surface area contributed by atoms with E-state index in [4.69, 9.17) is 11.1 Å². The summed E-state index contributed by atoms with van der Waals surface area (Å²) in [6.07, 6.45) is 4.29. The smallest absolute Gasteiger partial charge is 0.320 e. The number of nitrogens with one attached hydrogen (secondary N) is 4. The molecule has 2 heterocycles. The molecule has 3 amide bonds. The Morgan fingerprint density at radius 3 is 2.47 bits per heavy atom. The fraction of sp³-hybridized carbons (Fsp3) is 0.0952. The lowest BCUT2D eigenvalue weighted by molar-refractivity contribution is 0.0977. The van der Waals surface area contributed by atoms with Gasteiger partial charge in [-0.05, 0) is 24.6 Å². The van der Waals surface area contributed by atoms with Crippen LogP contribution in [0.1, 0.15) is 34.5 Å². The van der Waals surface area contributed by atoms with Crippen molar-refractivity contribution in [1.82, 2.24) is 20.6 Å². The first kappa shape index (κ1) is 20.5. The van der Waals surface area contributed by atoms with E-state index >= 15 is 0 Å². The number of carbonyl (C=O) groups excluding carboxylic acids is 2. The second-order valence-corrected chi connectivity index (χ2v) is 6.45. The van der Waals surface area contributed by atoms with Crippen molar-refractivity contribution in [3.05, 3.63) is 83.8 Å². The summed E-state index contributed by atoms with van der Waals surface area (Å²) >= 11 is 0. The van der Waals surface area contributed by atoms with E-state index in [1.807, 2.05) is 37.3 Å². The Morgan fingerprint density at radius 1 is 1.10 bits per heavy atom. The summed E-state index contributed by atoms with van der Waals surface area (Å²) in [6.45, 7) is 1.87. The summed E-state index contributed by atoms with van der Waals surface area (Å²) in [4.78, 5) is 32.3. The SMILES string of the molecule is C[C@@H](NC(=O)Nc1cc(N)c(C(=N)NC(=O)c2ccncc2)cn1)c1ccccc1. The first-order chi connectivity index (χ1) is 14.4. The highest BCUT2D eigenvalue weighted by Crippen LogP contribution is 2.16. The van der Waals surface area contributed by atoms with Gasteiger partial charge in [-0.1, -0.05) is 30.3 Å². The molecule has 1 aromatic carbocycles. The van der Waals surface area contributed by atoms with Crippen LogP contribution < -0.4 is 21.7 Å². The number of nitrogens with zero attached hydrogens (tertiary/aromatic N) is 2. The Balaban J connectivity index is 1.61. The highest BCUT2D eigenvalue weighted by molar-refractivity contribution is 6.13. The molecule has 152 valence electrons. The van der Waals surface area contributed by atoms with E-state index in [0.717, 1.165) is 5.56 Å². The molecule has 9 nitrogen and oxygen atoms in total. The Bertz CT molecular complexity index is 1060. The molecule has 3 aromatic rings. The van der Waals surface area contributed by atoms with Crippen LogP contribution in [0.3, 0.4) is 0 Å². The number of hydrogen-bond acceptors (Lipinski definition) is 6. The van der Waals surface area contributed by atoms with Crippen LogP contribution in [0.2, 0.25) is 0 Å². The quantitative estimate of drug-likeness (QED) is 0.328. The number of rotatable bonds is 5. The maximum absolute atomic E-state index is 12.2. The van der Waals surface area contributed by atoms with Gasteiger partial charge in [-0.25, -0.2) is 9.78 Å². The third kappa shape index (κ3) is 5.16. The van der Waals surface area contributed by atoms with Crippen molar-refractivity contribution in [3.63, 3.8) is 0 Å². The van der Waals surface area contributed by atoms with Gasteiger partial charge in [0.25, 0.3) is 5.91 Å². The van der Waals surface area contributed by atoms with Crippen molar-refractivity contribution in [1.29, 1.82) is 5.41 Å². The molecular weight excluding hydrogens is 382 g/mol. The number of amidine groups is 1. The van der Waals surface area contributed by atoms with Crippen LogP contribution in [0.4, 0.5) is 16.3 Å². The summed E-state index contributed by atoms with van der Waals surface area (Å²) in [5.74, 6) is -0.434. The molecule has 0 fully saturated rings. The van der Waals surface area contributed by atoms with Crippen LogP contribution in [0.5, 0.6) is 0 Å². The molecule has 0 aliphatic heterocycles. The van der Waals surface area contributed by atoms with Crippen molar-refractivity contribution in [2.45, 2.75) is 13.0 Å². The normalized spacial score (nSPS) is 11.2. The third-order valence-corrected chi connectivity index (χ3v) is 4.28. The monoisotopic (exact) mass is 403 g/mol. The summed E-state index contributed by atoms with van der Waals surface area (Å²) in [7, 11) is 0. The maximum Gasteiger partial charge on any atom is 0.320 e. The zero-order chi connectivity index (χ0) is 21.5. The molecule has 0 radical (unpaired) electrons. The van der Waals surface area contributed by atoms with E-state index in [1.165, 1.54) is 36.8 Å². The predicted molar refractivity (Wildman–Crippen MR) is 114 cm³/mol. The van der Waals surface area contributed by atoms with Crippen LogP contribution in [-0.4, -0.2) is 27.7 Å². The molecule has 0 aliphatic rings. The summed E-state index contributed by atoms with van der Waals surface area (Å²) in [5.41, 5.74) is 7.75. The Kier molecular flexibility index (Phi) is 6.33. The average Bonchev–Trinajstić information content (AvgIpc) is 2.74. The van der Waals surface area contributed by atoms with Gasteiger partial charge < -0.3 is 16.4 Å². The zero-order valence-electron chi connectivity index (χ0n) is 16.2. The van der Waals surface area contributed by atoms with Gasteiger partial charge in [0.1, 0.15) is 11.7 Å². The van der Waals surface area contributed by atoms with E-state index in [9.17, 15) is 9.59 Å². The molecular formula is C21H21N7O2. The van der Waals surface area contributed by atoms with E-state index in [-0.39, 0.29) is 28.9 Å². The van der Waals surface area contributed by atoms with Gasteiger partial charge in [0, 0.05) is 35.9 Å². The standard InChI is InChI=1S/C21H21N7O2/c1-13(14-5-3-2-4-6-14)26-21(30)27-18-11-17(22)16(12-25-18)19(23)28-20(29)15-7-9-24-10-8-15/h2-13H,1H3,(H2,23,28,29)(H4,22,25,26,27,30)/t13-/m1/s1. The number of hydrogen-bond donors (Lipinski definition) is 5. The number of nitrogens with two attached hydrogens (primary N) is 1. The molecule has 6 N–H and O–H groups in total. The van der Waals surface area contributed by atoms with Gasteiger partial charge >= 0.3 is 6.03 Å². The fourth-order valence-corrected chi connectivity index (χ4v) is 2.68. The second kappa shape index (κ2) is 9.28. The van der Waals surface area contributed by atoms with Crippen molar-refractivity contribution >= 4 is 29.3 Å². The minimum atomic E-state index is -0.460. The number of carbonyl (C=O) groups is 2. The van der Waals surface area contributed by atoms with Gasteiger partial charge in [-0.3, -0.25) is 20.5 Å². The van der Waals surface area contributed by atoms with Gasteiger partial charge in [-0.2, -0.15) is 0 Å². The van der Waals surface area contributed by atoms with Gasteiger partial charge in [0.2, 0.25) is 0 Å². The number of anilines is 2. The summed E-state index contributed by atoms with van der Waals surface area (Å²) < 4.78 is 0. The Labute approximate surface area is 173 Å².